The van der Waals surface area contributed by atoms with Crippen molar-refractivity contribution in [2.24, 2.45) is 0 Å². The Bertz CT molecular complexity index is 700. The van der Waals surface area contributed by atoms with Gasteiger partial charge < -0.3 is 9.88 Å². The molecule has 0 saturated carbocycles. The summed E-state index contributed by atoms with van der Waals surface area (Å²) < 4.78 is 6.09. The summed E-state index contributed by atoms with van der Waals surface area (Å²) in [6, 6.07) is 7.85. The molecule has 4 nitrogen and oxygen atoms in total. The van der Waals surface area contributed by atoms with E-state index >= 15 is 0 Å². The van der Waals surface area contributed by atoms with Gasteiger partial charge in [0, 0.05) is 24.0 Å². The first kappa shape index (κ1) is 11.0. The topological polar surface area (TPSA) is 46.9 Å². The van der Waals surface area contributed by atoms with Crippen molar-refractivity contribution >= 4 is 28.3 Å². The van der Waals surface area contributed by atoms with Gasteiger partial charge in [0.15, 0.2) is 0 Å². The van der Waals surface area contributed by atoms with Gasteiger partial charge in [-0.25, -0.2) is 0 Å². The molecule has 3 aromatic rings. The number of carbonyl (C=O) groups is 1. The van der Waals surface area contributed by atoms with Crippen LogP contribution in [-0.2, 0) is 0 Å². The van der Waals surface area contributed by atoms with E-state index in [1.807, 2.05) is 40.4 Å². The van der Waals surface area contributed by atoms with Crippen LogP contribution in [0.15, 0.2) is 42.0 Å². The van der Waals surface area contributed by atoms with E-state index in [2.05, 4.69) is 9.69 Å². The van der Waals surface area contributed by atoms with Crippen molar-refractivity contribution in [3.8, 4) is 5.69 Å². The van der Waals surface area contributed by atoms with Crippen molar-refractivity contribution < 1.29 is 4.79 Å². The van der Waals surface area contributed by atoms with Crippen molar-refractivity contribution in [3.63, 3.8) is 0 Å². The number of carbonyl (C=O) groups excluding carboxylic acids is 1. The van der Waals surface area contributed by atoms with Crippen LogP contribution in [0.1, 0.15) is 10.4 Å². The van der Waals surface area contributed by atoms with Crippen molar-refractivity contribution in [1.82, 2.24) is 14.3 Å². The van der Waals surface area contributed by atoms with Gasteiger partial charge >= 0.3 is 0 Å². The third-order valence-electron chi connectivity index (χ3n) is 2.88. The van der Waals surface area contributed by atoms with Gasteiger partial charge in [0.2, 0.25) is 0 Å². The Balaban J connectivity index is 2.31. The van der Waals surface area contributed by atoms with Crippen molar-refractivity contribution in [2.75, 3.05) is 7.05 Å². The van der Waals surface area contributed by atoms with E-state index < -0.39 is 0 Å². The predicted octanol–water partition coefficient (Wildman–Crippen LogP) is 2.45. The molecule has 0 aliphatic rings. The number of para-hydroxylation sites is 1. The molecule has 0 unspecified atom stereocenters. The molecular weight excluding hydrogens is 246 g/mol. The Morgan fingerprint density at radius 1 is 1.39 bits per heavy atom. The zero-order valence-electron chi connectivity index (χ0n) is 9.75. The minimum absolute atomic E-state index is 0.0758. The highest BCUT2D eigenvalue weighted by Gasteiger charge is 2.14. The molecule has 0 saturated heterocycles. The highest BCUT2D eigenvalue weighted by molar-refractivity contribution is 7.03. The van der Waals surface area contributed by atoms with E-state index in [1.165, 1.54) is 11.5 Å². The van der Waals surface area contributed by atoms with Crippen molar-refractivity contribution in [2.45, 2.75) is 0 Å². The average molecular weight is 257 g/mol. The van der Waals surface area contributed by atoms with Gasteiger partial charge in [-0.1, -0.05) is 18.2 Å². The van der Waals surface area contributed by atoms with Crippen LogP contribution < -0.4 is 5.32 Å². The molecule has 1 amide bonds. The maximum absolute atomic E-state index is 11.9. The van der Waals surface area contributed by atoms with Crippen molar-refractivity contribution in [1.29, 1.82) is 0 Å². The van der Waals surface area contributed by atoms with Gasteiger partial charge in [-0.3, -0.25) is 4.79 Å². The number of aromatic nitrogens is 2. The molecule has 0 bridgehead atoms. The maximum Gasteiger partial charge on any atom is 0.253 e. The second-order valence-corrected chi connectivity index (χ2v) is 4.55. The summed E-state index contributed by atoms with van der Waals surface area (Å²) in [5.41, 5.74) is 2.67. The minimum atomic E-state index is -0.0758. The zero-order chi connectivity index (χ0) is 12.5. The Labute approximate surface area is 108 Å². The summed E-state index contributed by atoms with van der Waals surface area (Å²) in [4.78, 5) is 11.9. The monoisotopic (exact) mass is 257 g/mol. The summed E-state index contributed by atoms with van der Waals surface area (Å²) in [6.45, 7) is 0. The summed E-state index contributed by atoms with van der Waals surface area (Å²) in [6.07, 6.45) is 3.65. The van der Waals surface area contributed by atoms with E-state index in [1.54, 1.807) is 13.2 Å². The van der Waals surface area contributed by atoms with Crippen LogP contribution in [0, 0.1) is 0 Å². The molecule has 18 heavy (non-hydrogen) atoms. The Morgan fingerprint density at radius 3 is 2.94 bits per heavy atom. The molecule has 0 fully saturated rings. The number of hydrogen-bond donors (Lipinski definition) is 1. The highest BCUT2D eigenvalue weighted by atomic mass is 32.1. The van der Waals surface area contributed by atoms with Crippen LogP contribution in [0.3, 0.4) is 0 Å². The van der Waals surface area contributed by atoms with Gasteiger partial charge in [-0.05, 0) is 17.6 Å². The predicted molar refractivity (Wildman–Crippen MR) is 72.3 cm³/mol. The summed E-state index contributed by atoms with van der Waals surface area (Å²) in [5, 5.41) is 5.57. The van der Waals surface area contributed by atoms with Crippen LogP contribution in [0.2, 0.25) is 0 Å². The lowest BCUT2D eigenvalue weighted by atomic mass is 10.2. The van der Waals surface area contributed by atoms with E-state index in [-0.39, 0.29) is 5.91 Å². The average Bonchev–Trinajstić information content (AvgIpc) is 3.04. The SMILES string of the molecule is CNC(=O)c1cn(-c2cnsc2)c2ccccc12. The largest absolute Gasteiger partial charge is 0.355 e. The molecule has 0 radical (unpaired) electrons. The minimum Gasteiger partial charge on any atom is -0.355 e. The second kappa shape index (κ2) is 4.27. The molecule has 90 valence electrons. The maximum atomic E-state index is 11.9. The summed E-state index contributed by atoms with van der Waals surface area (Å²) in [5.74, 6) is -0.0758. The van der Waals surface area contributed by atoms with Crippen LogP contribution >= 0.6 is 11.5 Å². The first-order valence-electron chi connectivity index (χ1n) is 5.53. The molecule has 2 heterocycles. The van der Waals surface area contributed by atoms with E-state index in [9.17, 15) is 4.79 Å². The van der Waals surface area contributed by atoms with Crippen molar-refractivity contribution in [3.05, 3.63) is 47.6 Å². The Morgan fingerprint density at radius 2 is 2.22 bits per heavy atom. The Hall–Kier alpha value is -2.14. The number of hydrogen-bond acceptors (Lipinski definition) is 3. The molecule has 0 aliphatic heterocycles. The van der Waals surface area contributed by atoms with Gasteiger partial charge in [0.05, 0.1) is 23.0 Å². The van der Waals surface area contributed by atoms with Crippen LogP contribution in [0.5, 0.6) is 0 Å². The zero-order valence-corrected chi connectivity index (χ0v) is 10.6. The molecule has 1 N–H and O–H groups in total. The summed E-state index contributed by atoms with van der Waals surface area (Å²) in [7, 11) is 1.64. The number of fused-ring (bicyclic) bond motifs is 1. The fourth-order valence-electron chi connectivity index (χ4n) is 2.03. The quantitative estimate of drug-likeness (QED) is 0.766. The number of benzene rings is 1. The number of nitrogens with one attached hydrogen (secondary N) is 1. The summed E-state index contributed by atoms with van der Waals surface area (Å²) >= 11 is 1.40. The van der Waals surface area contributed by atoms with Gasteiger partial charge in [0.25, 0.3) is 5.91 Å². The standard InChI is InChI=1S/C13H11N3OS/c1-14-13(17)11-7-16(9-6-15-18-8-9)12-5-3-2-4-10(11)12/h2-8H,1H3,(H,14,17). The normalized spacial score (nSPS) is 10.7. The van der Waals surface area contributed by atoms with Crippen LogP contribution in [-0.4, -0.2) is 21.9 Å². The number of rotatable bonds is 2. The molecular formula is C13H11N3OS. The first-order valence-corrected chi connectivity index (χ1v) is 6.37. The molecule has 0 spiro atoms. The van der Waals surface area contributed by atoms with Gasteiger partial charge in [-0.15, -0.1) is 0 Å². The molecule has 0 aliphatic carbocycles. The second-order valence-electron chi connectivity index (χ2n) is 3.89. The van der Waals surface area contributed by atoms with Gasteiger partial charge in [-0.2, -0.15) is 4.37 Å². The molecule has 0 atom stereocenters. The molecule has 1 aromatic carbocycles. The molecule has 2 aromatic heterocycles. The van der Waals surface area contributed by atoms with E-state index in [0.717, 1.165) is 16.6 Å². The lowest BCUT2D eigenvalue weighted by Gasteiger charge is -1.99. The van der Waals surface area contributed by atoms with Gasteiger partial charge in [0.1, 0.15) is 0 Å². The lowest BCUT2D eigenvalue weighted by molar-refractivity contribution is 0.0964. The Kier molecular flexibility index (Phi) is 2.60. The fraction of sp³-hybridized carbons (Fsp3) is 0.0769. The number of nitrogens with zero attached hydrogens (tertiary/aromatic N) is 2. The van der Waals surface area contributed by atoms with Crippen LogP contribution in [0.25, 0.3) is 16.6 Å². The molecule has 3 rings (SSSR count). The number of amides is 1. The van der Waals surface area contributed by atoms with E-state index in [0.29, 0.717) is 5.56 Å². The third-order valence-corrected chi connectivity index (χ3v) is 3.46. The highest BCUT2D eigenvalue weighted by Crippen LogP contribution is 2.25. The lowest BCUT2D eigenvalue weighted by Crippen LogP contribution is -2.17. The smallest absolute Gasteiger partial charge is 0.253 e. The fourth-order valence-corrected chi connectivity index (χ4v) is 2.54. The van der Waals surface area contributed by atoms with Crippen LogP contribution in [0.4, 0.5) is 0 Å². The van der Waals surface area contributed by atoms with E-state index in [4.69, 9.17) is 0 Å². The third kappa shape index (κ3) is 1.60. The first-order chi connectivity index (χ1) is 8.81. The molecule has 5 heteroatoms.